The summed E-state index contributed by atoms with van der Waals surface area (Å²) in [7, 11) is 0. The minimum absolute atomic E-state index is 0.0474. The summed E-state index contributed by atoms with van der Waals surface area (Å²) in [5, 5.41) is 14.7. The number of carbonyl (C=O) groups is 2. The first-order valence-corrected chi connectivity index (χ1v) is 11.1. The summed E-state index contributed by atoms with van der Waals surface area (Å²) in [6.07, 6.45) is 1.85. The number of carbonyl (C=O) groups excluding carboxylic acids is 2. The van der Waals surface area contributed by atoms with Crippen molar-refractivity contribution < 1.29 is 18.7 Å². The molecule has 2 aliphatic rings. The lowest BCUT2D eigenvalue weighted by Crippen LogP contribution is -2.54. The Kier molecular flexibility index (Phi) is 6.62. The molecule has 0 unspecified atom stereocenters. The van der Waals surface area contributed by atoms with E-state index in [2.05, 4.69) is 25.7 Å². The molecule has 0 aliphatic carbocycles. The van der Waals surface area contributed by atoms with Crippen LogP contribution in [0, 0.1) is 5.82 Å². The molecule has 31 heavy (non-hydrogen) atoms. The number of aromatic nitrogens is 2. The lowest BCUT2D eigenvalue weighted by atomic mass is 10.2. The maximum Gasteiger partial charge on any atom is 0.318 e. The summed E-state index contributed by atoms with van der Waals surface area (Å²) in [5.74, 6) is -0.626. The number of rotatable bonds is 5. The van der Waals surface area contributed by atoms with E-state index in [1.165, 1.54) is 23.5 Å². The topological polar surface area (TPSA) is 99.7 Å². The highest BCUT2D eigenvalue weighted by molar-refractivity contribution is 7.15. The summed E-state index contributed by atoms with van der Waals surface area (Å²) in [6.45, 7) is 4.64. The number of benzene rings is 1. The Balaban J connectivity index is 1.23. The Labute approximate surface area is 183 Å². The monoisotopic (exact) mass is 448 g/mol. The van der Waals surface area contributed by atoms with Crippen LogP contribution in [0.3, 0.4) is 0 Å². The highest BCUT2D eigenvalue weighted by Gasteiger charge is 2.26. The Hall–Kier alpha value is -2.79. The SMILES string of the molecule is C[C@@H](NC(=O)N1CCN(c2ccc(F)cc2)CC1)C(=O)Nc1nnc([C@@H]2CCCO2)s1. The van der Waals surface area contributed by atoms with E-state index < -0.39 is 6.04 Å². The van der Waals surface area contributed by atoms with Crippen molar-refractivity contribution in [2.24, 2.45) is 0 Å². The molecule has 0 bridgehead atoms. The molecule has 2 saturated heterocycles. The molecule has 2 atom stereocenters. The van der Waals surface area contributed by atoms with Crippen LogP contribution in [0.5, 0.6) is 0 Å². The van der Waals surface area contributed by atoms with E-state index in [1.807, 2.05) is 0 Å². The van der Waals surface area contributed by atoms with Gasteiger partial charge in [0, 0.05) is 38.5 Å². The van der Waals surface area contributed by atoms with Crippen molar-refractivity contribution in [1.29, 1.82) is 0 Å². The number of anilines is 2. The summed E-state index contributed by atoms with van der Waals surface area (Å²) >= 11 is 1.29. The van der Waals surface area contributed by atoms with Crippen molar-refractivity contribution in [2.45, 2.75) is 31.9 Å². The summed E-state index contributed by atoms with van der Waals surface area (Å²) in [5.41, 5.74) is 0.925. The largest absolute Gasteiger partial charge is 0.371 e. The Morgan fingerprint density at radius 1 is 1.19 bits per heavy atom. The first-order chi connectivity index (χ1) is 15.0. The zero-order chi connectivity index (χ0) is 21.8. The number of nitrogens with one attached hydrogen (secondary N) is 2. The molecule has 4 rings (SSSR count). The second-order valence-corrected chi connectivity index (χ2v) is 8.57. The lowest BCUT2D eigenvalue weighted by Gasteiger charge is -2.36. The van der Waals surface area contributed by atoms with Gasteiger partial charge in [0.1, 0.15) is 23.0 Å². The molecule has 2 aliphatic heterocycles. The number of halogens is 1. The molecule has 166 valence electrons. The number of ether oxygens (including phenoxy) is 1. The van der Waals surface area contributed by atoms with Crippen LogP contribution in [0.2, 0.25) is 0 Å². The van der Waals surface area contributed by atoms with Crippen molar-refractivity contribution >= 4 is 34.1 Å². The van der Waals surface area contributed by atoms with Crippen LogP contribution in [0.25, 0.3) is 0 Å². The standard InChI is InChI=1S/C20H25FN6O3S/c1-13(17(28)23-19-25-24-18(31-19)16-3-2-12-30-16)22-20(29)27-10-8-26(9-11-27)15-6-4-14(21)5-7-15/h4-7,13,16H,2-3,8-12H2,1H3,(H,22,29)(H,23,25,28)/t13-,16+/m1/s1. The molecule has 3 amide bonds. The van der Waals surface area contributed by atoms with E-state index in [0.717, 1.165) is 23.5 Å². The molecule has 2 fully saturated rings. The molecule has 11 heteroatoms. The zero-order valence-electron chi connectivity index (χ0n) is 17.2. The van der Waals surface area contributed by atoms with Gasteiger partial charge in [0.25, 0.3) is 0 Å². The van der Waals surface area contributed by atoms with Crippen LogP contribution >= 0.6 is 11.3 Å². The third-order valence-corrected chi connectivity index (χ3v) is 6.30. The molecular formula is C20H25FN6O3S. The van der Waals surface area contributed by atoms with Gasteiger partial charge in [0.15, 0.2) is 0 Å². The van der Waals surface area contributed by atoms with Gasteiger partial charge in [-0.3, -0.25) is 10.1 Å². The number of hydrogen-bond donors (Lipinski definition) is 2. The van der Waals surface area contributed by atoms with Crippen molar-refractivity contribution in [2.75, 3.05) is 43.0 Å². The van der Waals surface area contributed by atoms with E-state index in [0.29, 0.717) is 37.9 Å². The number of hydrogen-bond acceptors (Lipinski definition) is 7. The Bertz CT molecular complexity index is 910. The Morgan fingerprint density at radius 3 is 2.61 bits per heavy atom. The van der Waals surface area contributed by atoms with Crippen molar-refractivity contribution in [3.63, 3.8) is 0 Å². The summed E-state index contributed by atoms with van der Waals surface area (Å²) < 4.78 is 18.7. The van der Waals surface area contributed by atoms with Crippen LogP contribution in [0.4, 0.5) is 20.0 Å². The number of nitrogens with zero attached hydrogens (tertiary/aromatic N) is 4. The quantitative estimate of drug-likeness (QED) is 0.729. The molecule has 0 spiro atoms. The fourth-order valence-electron chi connectivity index (χ4n) is 3.56. The average molecular weight is 449 g/mol. The smallest absolute Gasteiger partial charge is 0.318 e. The van der Waals surface area contributed by atoms with E-state index >= 15 is 0 Å². The lowest BCUT2D eigenvalue weighted by molar-refractivity contribution is -0.117. The second kappa shape index (κ2) is 9.56. The second-order valence-electron chi connectivity index (χ2n) is 7.56. The number of amides is 3. The minimum Gasteiger partial charge on any atom is -0.371 e. The van der Waals surface area contributed by atoms with Gasteiger partial charge in [-0.25, -0.2) is 9.18 Å². The first kappa shape index (κ1) is 21.4. The fourth-order valence-corrected chi connectivity index (χ4v) is 4.39. The molecular weight excluding hydrogens is 423 g/mol. The average Bonchev–Trinajstić information content (AvgIpc) is 3.46. The van der Waals surface area contributed by atoms with Gasteiger partial charge < -0.3 is 19.9 Å². The van der Waals surface area contributed by atoms with Gasteiger partial charge in [0.05, 0.1) is 0 Å². The third kappa shape index (κ3) is 5.28. The van der Waals surface area contributed by atoms with Gasteiger partial charge in [-0.2, -0.15) is 0 Å². The molecule has 2 N–H and O–H groups in total. The molecule has 1 aromatic carbocycles. The maximum atomic E-state index is 13.1. The van der Waals surface area contributed by atoms with Gasteiger partial charge >= 0.3 is 6.03 Å². The van der Waals surface area contributed by atoms with E-state index in [-0.39, 0.29) is 23.9 Å². The van der Waals surface area contributed by atoms with Gasteiger partial charge in [0.2, 0.25) is 11.0 Å². The van der Waals surface area contributed by atoms with E-state index in [4.69, 9.17) is 4.74 Å². The van der Waals surface area contributed by atoms with Crippen molar-refractivity contribution in [3.05, 3.63) is 35.1 Å². The van der Waals surface area contributed by atoms with Crippen molar-refractivity contribution in [3.8, 4) is 0 Å². The first-order valence-electron chi connectivity index (χ1n) is 10.3. The van der Waals surface area contributed by atoms with Crippen LogP contribution < -0.4 is 15.5 Å². The van der Waals surface area contributed by atoms with Gasteiger partial charge in [-0.15, -0.1) is 10.2 Å². The molecule has 3 heterocycles. The maximum absolute atomic E-state index is 13.1. The van der Waals surface area contributed by atoms with Crippen LogP contribution in [0.1, 0.15) is 30.9 Å². The minimum atomic E-state index is -0.724. The normalized spacial score (nSPS) is 19.9. The van der Waals surface area contributed by atoms with Crippen molar-refractivity contribution in [1.82, 2.24) is 20.4 Å². The van der Waals surface area contributed by atoms with Gasteiger partial charge in [-0.05, 0) is 44.0 Å². The number of piperazine rings is 1. The highest BCUT2D eigenvalue weighted by Crippen LogP contribution is 2.31. The third-order valence-electron chi connectivity index (χ3n) is 5.37. The Morgan fingerprint density at radius 2 is 1.94 bits per heavy atom. The molecule has 0 saturated carbocycles. The van der Waals surface area contributed by atoms with Crippen LogP contribution in [0.15, 0.2) is 24.3 Å². The number of urea groups is 1. The van der Waals surface area contributed by atoms with E-state index in [9.17, 15) is 14.0 Å². The predicted octanol–water partition coefficient (Wildman–Crippen LogP) is 2.39. The molecule has 9 nitrogen and oxygen atoms in total. The highest BCUT2D eigenvalue weighted by atomic mass is 32.1. The summed E-state index contributed by atoms with van der Waals surface area (Å²) in [4.78, 5) is 28.8. The molecule has 1 aromatic heterocycles. The molecule has 2 aromatic rings. The van der Waals surface area contributed by atoms with Crippen LogP contribution in [-0.4, -0.2) is 65.9 Å². The predicted molar refractivity (Wildman–Crippen MR) is 115 cm³/mol. The fraction of sp³-hybridized carbons (Fsp3) is 0.500. The van der Waals surface area contributed by atoms with Gasteiger partial charge in [-0.1, -0.05) is 11.3 Å². The summed E-state index contributed by atoms with van der Waals surface area (Å²) in [6, 6.07) is 5.30. The zero-order valence-corrected chi connectivity index (χ0v) is 18.0. The van der Waals surface area contributed by atoms with E-state index in [1.54, 1.807) is 24.0 Å². The van der Waals surface area contributed by atoms with Crippen LogP contribution in [-0.2, 0) is 9.53 Å². The molecule has 0 radical (unpaired) electrons.